The Balaban J connectivity index is 2.45. The van der Waals surface area contributed by atoms with E-state index in [1.807, 2.05) is 0 Å². The van der Waals surface area contributed by atoms with Gasteiger partial charge >= 0.3 is 0 Å². The highest BCUT2D eigenvalue weighted by atomic mass is 16.5. The van der Waals surface area contributed by atoms with Crippen LogP contribution in [0.15, 0.2) is 0 Å². The molecule has 2 nitrogen and oxygen atoms in total. The topological polar surface area (TPSA) is 12.5 Å². The molecule has 0 bridgehead atoms. The summed E-state index contributed by atoms with van der Waals surface area (Å²) in [6.07, 6.45) is 1.28. The summed E-state index contributed by atoms with van der Waals surface area (Å²) in [5.74, 6) is 0.736. The zero-order valence-electron chi connectivity index (χ0n) is 8.00. The summed E-state index contributed by atoms with van der Waals surface area (Å²) in [6.45, 7) is 5.48. The summed E-state index contributed by atoms with van der Waals surface area (Å²) < 4.78 is 5.17. The van der Waals surface area contributed by atoms with E-state index in [9.17, 15) is 0 Å². The van der Waals surface area contributed by atoms with Crippen LogP contribution >= 0.6 is 0 Å². The molecule has 2 heteroatoms. The average molecular weight is 157 g/mol. The van der Waals surface area contributed by atoms with E-state index < -0.39 is 0 Å². The van der Waals surface area contributed by atoms with Crippen LogP contribution in [0.3, 0.4) is 0 Å². The standard InChI is InChI=1S/C9H19NO/c1-7-5-9(6-11-4)8(2)10(7)3/h7-9H,5-6H2,1-4H3. The predicted molar refractivity (Wildman–Crippen MR) is 46.7 cm³/mol. The second kappa shape index (κ2) is 3.55. The minimum Gasteiger partial charge on any atom is -0.384 e. The summed E-state index contributed by atoms with van der Waals surface area (Å²) in [4.78, 5) is 2.43. The van der Waals surface area contributed by atoms with Gasteiger partial charge in [-0.25, -0.2) is 0 Å². The van der Waals surface area contributed by atoms with E-state index in [2.05, 4.69) is 25.8 Å². The van der Waals surface area contributed by atoms with Gasteiger partial charge in [0.25, 0.3) is 0 Å². The Morgan fingerprint density at radius 2 is 2.09 bits per heavy atom. The molecular weight excluding hydrogens is 138 g/mol. The summed E-state index contributed by atoms with van der Waals surface area (Å²) in [5, 5.41) is 0. The smallest absolute Gasteiger partial charge is 0.0505 e. The van der Waals surface area contributed by atoms with E-state index in [1.54, 1.807) is 7.11 Å². The molecule has 0 radical (unpaired) electrons. The van der Waals surface area contributed by atoms with Gasteiger partial charge in [-0.05, 0) is 33.2 Å². The highest BCUT2D eigenvalue weighted by molar-refractivity contribution is 4.86. The molecule has 0 amide bonds. The van der Waals surface area contributed by atoms with Crippen molar-refractivity contribution in [2.45, 2.75) is 32.4 Å². The number of hydrogen-bond acceptors (Lipinski definition) is 2. The number of methoxy groups -OCH3 is 1. The van der Waals surface area contributed by atoms with Crippen molar-refractivity contribution in [3.8, 4) is 0 Å². The average Bonchev–Trinajstić information content (AvgIpc) is 2.19. The Bertz CT molecular complexity index is 127. The largest absolute Gasteiger partial charge is 0.384 e. The summed E-state index contributed by atoms with van der Waals surface area (Å²) in [6, 6.07) is 1.41. The molecule has 0 spiro atoms. The SMILES string of the molecule is COCC1CC(C)N(C)C1C. The van der Waals surface area contributed by atoms with E-state index in [1.165, 1.54) is 6.42 Å². The lowest BCUT2D eigenvalue weighted by molar-refractivity contribution is 0.134. The quantitative estimate of drug-likeness (QED) is 0.600. The van der Waals surface area contributed by atoms with Crippen molar-refractivity contribution < 1.29 is 4.74 Å². The fraction of sp³-hybridized carbons (Fsp3) is 1.00. The van der Waals surface area contributed by atoms with Crippen molar-refractivity contribution in [3.63, 3.8) is 0 Å². The van der Waals surface area contributed by atoms with Gasteiger partial charge in [-0.15, -0.1) is 0 Å². The molecule has 1 aliphatic rings. The van der Waals surface area contributed by atoms with Crippen LogP contribution in [0.1, 0.15) is 20.3 Å². The van der Waals surface area contributed by atoms with E-state index in [0.29, 0.717) is 6.04 Å². The van der Waals surface area contributed by atoms with Gasteiger partial charge in [0.1, 0.15) is 0 Å². The van der Waals surface area contributed by atoms with Crippen molar-refractivity contribution in [2.75, 3.05) is 20.8 Å². The van der Waals surface area contributed by atoms with Gasteiger partial charge in [-0.2, -0.15) is 0 Å². The maximum atomic E-state index is 5.17. The second-order valence-corrected chi connectivity index (χ2v) is 3.71. The number of hydrogen-bond donors (Lipinski definition) is 0. The Hall–Kier alpha value is -0.0800. The van der Waals surface area contributed by atoms with Gasteiger partial charge < -0.3 is 9.64 Å². The number of ether oxygens (including phenoxy) is 1. The maximum absolute atomic E-state index is 5.17. The molecule has 1 fully saturated rings. The Labute approximate surface area is 69.5 Å². The zero-order chi connectivity index (χ0) is 8.43. The lowest BCUT2D eigenvalue weighted by Crippen LogP contribution is -2.30. The molecular formula is C9H19NO. The molecule has 0 aliphatic carbocycles. The third kappa shape index (κ3) is 1.74. The third-order valence-electron chi connectivity index (χ3n) is 3.04. The van der Waals surface area contributed by atoms with Gasteiger partial charge in [0.15, 0.2) is 0 Å². The van der Waals surface area contributed by atoms with Gasteiger partial charge in [-0.1, -0.05) is 0 Å². The number of nitrogens with zero attached hydrogens (tertiary/aromatic N) is 1. The molecule has 66 valence electrons. The van der Waals surface area contributed by atoms with Crippen LogP contribution in [0.5, 0.6) is 0 Å². The van der Waals surface area contributed by atoms with Gasteiger partial charge in [0.2, 0.25) is 0 Å². The van der Waals surface area contributed by atoms with Crippen molar-refractivity contribution in [3.05, 3.63) is 0 Å². The second-order valence-electron chi connectivity index (χ2n) is 3.71. The Morgan fingerprint density at radius 1 is 1.45 bits per heavy atom. The van der Waals surface area contributed by atoms with Crippen molar-refractivity contribution in [1.29, 1.82) is 0 Å². The highest BCUT2D eigenvalue weighted by Gasteiger charge is 2.32. The van der Waals surface area contributed by atoms with Gasteiger partial charge in [0.05, 0.1) is 6.61 Å². The normalized spacial score (nSPS) is 39.8. The molecule has 0 N–H and O–H groups in total. The van der Waals surface area contributed by atoms with E-state index >= 15 is 0 Å². The lowest BCUT2D eigenvalue weighted by atomic mass is 10.0. The van der Waals surface area contributed by atoms with Crippen LogP contribution in [0, 0.1) is 5.92 Å². The molecule has 1 saturated heterocycles. The molecule has 1 heterocycles. The minimum absolute atomic E-state index is 0.685. The van der Waals surface area contributed by atoms with Crippen LogP contribution < -0.4 is 0 Å². The van der Waals surface area contributed by atoms with Crippen molar-refractivity contribution in [2.24, 2.45) is 5.92 Å². The lowest BCUT2D eigenvalue weighted by Gasteiger charge is -2.21. The molecule has 3 atom stereocenters. The molecule has 11 heavy (non-hydrogen) atoms. The number of rotatable bonds is 2. The Morgan fingerprint density at radius 3 is 2.45 bits per heavy atom. The third-order valence-corrected chi connectivity index (χ3v) is 3.04. The number of likely N-dealkylation sites (tertiary alicyclic amines) is 1. The molecule has 0 saturated carbocycles. The molecule has 0 aromatic rings. The first-order valence-electron chi connectivity index (χ1n) is 4.37. The monoisotopic (exact) mass is 157 g/mol. The molecule has 1 aliphatic heterocycles. The fourth-order valence-corrected chi connectivity index (χ4v) is 1.96. The summed E-state index contributed by atoms with van der Waals surface area (Å²) >= 11 is 0. The Kier molecular flexibility index (Phi) is 2.90. The minimum atomic E-state index is 0.685. The van der Waals surface area contributed by atoms with Crippen molar-refractivity contribution in [1.82, 2.24) is 4.90 Å². The highest BCUT2D eigenvalue weighted by Crippen LogP contribution is 2.27. The van der Waals surface area contributed by atoms with Gasteiger partial charge in [-0.3, -0.25) is 0 Å². The maximum Gasteiger partial charge on any atom is 0.0505 e. The first-order valence-corrected chi connectivity index (χ1v) is 4.37. The van der Waals surface area contributed by atoms with E-state index in [4.69, 9.17) is 4.74 Å². The van der Waals surface area contributed by atoms with E-state index in [0.717, 1.165) is 18.6 Å². The van der Waals surface area contributed by atoms with Gasteiger partial charge in [0, 0.05) is 19.2 Å². The molecule has 0 aromatic heterocycles. The first-order chi connectivity index (χ1) is 5.16. The fourth-order valence-electron chi connectivity index (χ4n) is 1.96. The predicted octanol–water partition coefficient (Wildman–Crippen LogP) is 1.36. The molecule has 1 rings (SSSR count). The first kappa shape index (κ1) is 9.01. The molecule has 3 unspecified atom stereocenters. The van der Waals surface area contributed by atoms with Crippen LogP contribution in [0.25, 0.3) is 0 Å². The van der Waals surface area contributed by atoms with Crippen LogP contribution in [-0.2, 0) is 4.74 Å². The summed E-state index contributed by atoms with van der Waals surface area (Å²) in [7, 11) is 3.99. The molecule has 0 aromatic carbocycles. The zero-order valence-corrected chi connectivity index (χ0v) is 8.00. The van der Waals surface area contributed by atoms with E-state index in [-0.39, 0.29) is 0 Å². The van der Waals surface area contributed by atoms with Crippen molar-refractivity contribution >= 4 is 0 Å². The summed E-state index contributed by atoms with van der Waals surface area (Å²) in [5.41, 5.74) is 0. The van der Waals surface area contributed by atoms with Crippen LogP contribution in [-0.4, -0.2) is 37.7 Å². The van der Waals surface area contributed by atoms with Crippen LogP contribution in [0.4, 0.5) is 0 Å². The van der Waals surface area contributed by atoms with Crippen LogP contribution in [0.2, 0.25) is 0 Å².